The van der Waals surface area contributed by atoms with Crippen LogP contribution in [0.25, 0.3) is 16.6 Å². The van der Waals surface area contributed by atoms with Crippen LogP contribution in [0.1, 0.15) is 42.4 Å². The Morgan fingerprint density at radius 1 is 1.11 bits per heavy atom. The third-order valence-electron chi connectivity index (χ3n) is 5.19. The van der Waals surface area contributed by atoms with E-state index in [-0.39, 0.29) is 27.7 Å². The fourth-order valence-electron chi connectivity index (χ4n) is 3.46. The van der Waals surface area contributed by atoms with Gasteiger partial charge >= 0.3 is 0 Å². The molecule has 0 saturated carbocycles. The van der Waals surface area contributed by atoms with Crippen LogP contribution in [0.4, 0.5) is 0 Å². The van der Waals surface area contributed by atoms with Crippen molar-refractivity contribution in [3.05, 3.63) is 81.8 Å². The van der Waals surface area contributed by atoms with Gasteiger partial charge in [-0.25, -0.2) is 4.98 Å². The van der Waals surface area contributed by atoms with Gasteiger partial charge in [-0.3, -0.25) is 0 Å². The Hall–Kier alpha value is -2.22. The largest absolute Gasteiger partial charge is 0.603 e. The fourth-order valence-corrected chi connectivity index (χ4v) is 3.72. The molecule has 0 unspecified atom stereocenters. The van der Waals surface area contributed by atoms with Gasteiger partial charge in [-0.15, -0.1) is 7.05 Å². The van der Waals surface area contributed by atoms with Crippen LogP contribution in [-0.4, -0.2) is 40.6 Å². The molecule has 0 saturated heterocycles. The average Bonchev–Trinajstić information content (AvgIpc) is 3.17. The first-order chi connectivity index (χ1) is 16.5. The molecule has 0 bridgehead atoms. The zero-order valence-electron chi connectivity index (χ0n) is 20.2. The number of aliphatic hydroxyl groups is 1. The van der Waals surface area contributed by atoms with Crippen molar-refractivity contribution in [2.45, 2.75) is 39.3 Å². The SMILES string of the molecule is CCCCc1nc(Cl)c(CO)n1Cc1ccc(-c2ccccc2/C(N)=N/[N-]C)cc1.NCCN.[Pt]. The maximum Gasteiger partial charge on any atom is 0.152 e. The van der Waals surface area contributed by atoms with Gasteiger partial charge in [0.05, 0.1) is 12.3 Å². The number of aryl methyl sites for hydroxylation is 1. The monoisotopic (exact) mass is 679 g/mol. The summed E-state index contributed by atoms with van der Waals surface area (Å²) < 4.78 is 2.02. The van der Waals surface area contributed by atoms with Crippen LogP contribution in [0.2, 0.25) is 5.15 Å². The van der Waals surface area contributed by atoms with Crippen molar-refractivity contribution in [3.63, 3.8) is 0 Å². The zero-order valence-corrected chi connectivity index (χ0v) is 23.3. The Balaban J connectivity index is 0.00000114. The van der Waals surface area contributed by atoms with Crippen LogP contribution in [0.15, 0.2) is 53.6 Å². The number of rotatable bonds is 10. The Morgan fingerprint density at radius 3 is 2.34 bits per heavy atom. The molecule has 2 aromatic carbocycles. The number of nitrogens with two attached hydrogens (primary N) is 3. The van der Waals surface area contributed by atoms with E-state index in [1.54, 1.807) is 7.05 Å². The molecule has 8 nitrogen and oxygen atoms in total. The summed E-state index contributed by atoms with van der Waals surface area (Å²) in [4.78, 5) is 4.46. The molecule has 3 aromatic rings. The normalized spacial score (nSPS) is 10.9. The predicted molar refractivity (Wildman–Crippen MR) is 141 cm³/mol. The van der Waals surface area contributed by atoms with E-state index < -0.39 is 0 Å². The molecule has 194 valence electrons. The minimum absolute atomic E-state index is 0. The Morgan fingerprint density at radius 2 is 1.77 bits per heavy atom. The number of halogens is 1. The number of nitrogens with zero attached hydrogens (tertiary/aromatic N) is 4. The van der Waals surface area contributed by atoms with Crippen LogP contribution in [0, 0.1) is 0 Å². The minimum atomic E-state index is -0.134. The van der Waals surface area contributed by atoms with E-state index in [0.717, 1.165) is 47.3 Å². The first kappa shape index (κ1) is 30.8. The average molecular weight is 680 g/mol. The molecule has 35 heavy (non-hydrogen) atoms. The molecule has 0 aliphatic heterocycles. The number of benzene rings is 2. The Kier molecular flexibility index (Phi) is 14.5. The second kappa shape index (κ2) is 16.5. The third-order valence-corrected chi connectivity index (χ3v) is 5.49. The maximum atomic E-state index is 9.76. The Labute approximate surface area is 227 Å². The van der Waals surface area contributed by atoms with E-state index in [2.05, 4.69) is 46.7 Å². The second-order valence-corrected chi connectivity index (χ2v) is 7.98. The van der Waals surface area contributed by atoms with Gasteiger partial charge in [0, 0.05) is 52.7 Å². The van der Waals surface area contributed by atoms with Crippen molar-refractivity contribution in [1.82, 2.24) is 9.55 Å². The molecule has 0 atom stereocenters. The number of hydrogen-bond donors (Lipinski definition) is 4. The van der Waals surface area contributed by atoms with Gasteiger partial charge in [0.1, 0.15) is 11.7 Å². The summed E-state index contributed by atoms with van der Waals surface area (Å²) in [7, 11) is 1.60. The Bertz CT molecular complexity index is 1050. The van der Waals surface area contributed by atoms with Gasteiger partial charge in [0.15, 0.2) is 5.15 Å². The molecule has 0 amide bonds. The molecule has 0 spiro atoms. The molecule has 0 aliphatic rings. The summed E-state index contributed by atoms with van der Waals surface area (Å²) in [5.41, 5.74) is 24.3. The first-order valence-corrected chi connectivity index (χ1v) is 11.7. The van der Waals surface area contributed by atoms with Crippen LogP contribution >= 0.6 is 11.6 Å². The smallest absolute Gasteiger partial charge is 0.152 e. The van der Waals surface area contributed by atoms with Crippen molar-refractivity contribution in [2.24, 2.45) is 22.3 Å². The topological polar surface area (TPSA) is 143 Å². The number of aromatic nitrogens is 2. The summed E-state index contributed by atoms with van der Waals surface area (Å²) >= 11 is 6.25. The van der Waals surface area contributed by atoms with E-state index in [1.165, 1.54) is 0 Å². The summed E-state index contributed by atoms with van der Waals surface area (Å²) in [6, 6.07) is 16.1. The number of hydrogen-bond acceptors (Lipinski definition) is 5. The van der Waals surface area contributed by atoms with Crippen molar-refractivity contribution in [2.75, 3.05) is 20.1 Å². The summed E-state index contributed by atoms with van der Waals surface area (Å²) in [6.07, 6.45) is 2.94. The number of aliphatic hydroxyl groups excluding tert-OH is 1. The van der Waals surface area contributed by atoms with Gasteiger partial charge < -0.3 is 37.4 Å². The number of unbranched alkanes of at least 4 members (excludes halogenated alkanes) is 1. The fraction of sp³-hybridized carbons (Fsp3) is 0.360. The van der Waals surface area contributed by atoms with Gasteiger partial charge in [-0.1, -0.05) is 73.5 Å². The molecule has 0 aliphatic carbocycles. The van der Waals surface area contributed by atoms with Crippen LogP contribution in [0.3, 0.4) is 0 Å². The first-order valence-electron chi connectivity index (χ1n) is 11.4. The number of imidazole rings is 1. The predicted octanol–water partition coefficient (Wildman–Crippen LogP) is 3.61. The van der Waals surface area contributed by atoms with Gasteiger partial charge in [0.2, 0.25) is 0 Å². The zero-order chi connectivity index (χ0) is 24.9. The molecule has 0 radical (unpaired) electrons. The second-order valence-electron chi connectivity index (χ2n) is 7.62. The summed E-state index contributed by atoms with van der Waals surface area (Å²) in [5, 5.41) is 14.1. The molecule has 3 rings (SSSR count). The third kappa shape index (κ3) is 8.74. The van der Waals surface area contributed by atoms with E-state index in [4.69, 9.17) is 28.8 Å². The van der Waals surface area contributed by atoms with Crippen LogP contribution < -0.4 is 17.2 Å². The molecule has 7 N–H and O–H groups in total. The van der Waals surface area contributed by atoms with E-state index in [9.17, 15) is 5.11 Å². The molecule has 1 heterocycles. The maximum absolute atomic E-state index is 9.76. The van der Waals surface area contributed by atoms with Crippen LogP contribution in [-0.2, 0) is 40.6 Å². The summed E-state index contributed by atoms with van der Waals surface area (Å²) in [6.45, 7) is 3.81. The molecular formula is C25H35ClN7OPt-. The van der Waals surface area contributed by atoms with Gasteiger partial charge in [0.25, 0.3) is 0 Å². The molecule has 1 aromatic heterocycles. The number of amidine groups is 1. The van der Waals surface area contributed by atoms with Crippen molar-refractivity contribution >= 4 is 17.4 Å². The van der Waals surface area contributed by atoms with Gasteiger partial charge in [-0.2, -0.15) is 0 Å². The van der Waals surface area contributed by atoms with Crippen molar-refractivity contribution in [1.29, 1.82) is 0 Å². The minimum Gasteiger partial charge on any atom is -0.603 e. The summed E-state index contributed by atoms with van der Waals surface area (Å²) in [5.74, 6) is 1.30. The standard InChI is InChI=1S/C23H27ClN5O.C2H8N2.Pt/c1-3-4-9-21-27-22(24)20(15-30)29(21)14-16-10-12-17(13-11-16)18-7-5-6-8-19(18)23(25)28-26-2;3-1-2-4;/h5-8,10-13,30H,3-4,9,14-15H2,1-2H3,(H2,25,28);1-4H2;/q-1;;. The van der Waals surface area contributed by atoms with Crippen molar-refractivity contribution < 1.29 is 26.2 Å². The molecule has 10 heteroatoms. The van der Waals surface area contributed by atoms with Crippen molar-refractivity contribution in [3.8, 4) is 11.1 Å². The quantitative estimate of drug-likeness (QED) is 0.147. The molecular weight excluding hydrogens is 645 g/mol. The van der Waals surface area contributed by atoms with Crippen LogP contribution in [0.5, 0.6) is 0 Å². The van der Waals surface area contributed by atoms with E-state index in [0.29, 0.717) is 36.3 Å². The molecule has 0 fully saturated rings. The van der Waals surface area contributed by atoms with E-state index >= 15 is 0 Å². The van der Waals surface area contributed by atoms with E-state index in [1.807, 2.05) is 28.8 Å². The van der Waals surface area contributed by atoms with Gasteiger partial charge in [-0.05, 0) is 23.1 Å².